The highest BCUT2D eigenvalue weighted by Crippen LogP contribution is 2.33. The minimum atomic E-state index is -4.30. The summed E-state index contributed by atoms with van der Waals surface area (Å²) in [6.07, 6.45) is 5.25. The van der Waals surface area contributed by atoms with Crippen LogP contribution in [-0.2, 0) is 32.6 Å². The van der Waals surface area contributed by atoms with Crippen molar-refractivity contribution in [3.63, 3.8) is 0 Å². The number of methoxy groups -OCH3 is 2. The number of anilines is 1. The molecule has 0 aliphatic heterocycles. The molecule has 1 aliphatic carbocycles. The Balaban J connectivity index is 1.58. The third-order valence-corrected chi connectivity index (χ3v) is 10.8. The van der Waals surface area contributed by atoms with E-state index in [9.17, 15) is 18.0 Å². The van der Waals surface area contributed by atoms with Gasteiger partial charge in [0.15, 0.2) is 0 Å². The summed E-state index contributed by atoms with van der Waals surface area (Å²) in [6, 6.07) is 29.2. The highest BCUT2D eigenvalue weighted by molar-refractivity contribution is 7.92. The van der Waals surface area contributed by atoms with Gasteiger partial charge in [0, 0.05) is 19.0 Å². The van der Waals surface area contributed by atoms with E-state index in [2.05, 4.69) is 5.32 Å². The van der Waals surface area contributed by atoms with Crippen molar-refractivity contribution in [2.75, 3.05) is 25.1 Å². The van der Waals surface area contributed by atoms with Crippen LogP contribution in [0.3, 0.4) is 0 Å². The van der Waals surface area contributed by atoms with E-state index in [-0.39, 0.29) is 41.2 Å². The first-order valence-electron chi connectivity index (χ1n) is 16.7. The van der Waals surface area contributed by atoms with Gasteiger partial charge in [0.1, 0.15) is 24.1 Å². The normalized spacial score (nSPS) is 14.0. The standard InChI is InChI=1S/C39H45N3O6S/c1-29-18-20-31(21-19-29)27-41(36(26-30-12-6-4-7-13-30)39(44)40-32-14-8-5-9-15-32)38(43)28-42(35-16-10-11-17-37(35)48-3)49(45,46)34-24-22-33(47-2)23-25-34/h4,6-7,10-13,16-25,32,36H,5,8-9,14-15,26-28H2,1-3H3,(H,40,44)/t36-/m1/s1. The van der Waals surface area contributed by atoms with Crippen molar-refractivity contribution < 1.29 is 27.5 Å². The molecule has 0 bridgehead atoms. The van der Waals surface area contributed by atoms with Gasteiger partial charge in [0.2, 0.25) is 11.8 Å². The summed E-state index contributed by atoms with van der Waals surface area (Å²) in [5, 5.41) is 3.24. The van der Waals surface area contributed by atoms with Crippen LogP contribution >= 0.6 is 0 Å². The van der Waals surface area contributed by atoms with Crippen molar-refractivity contribution in [1.82, 2.24) is 10.2 Å². The Morgan fingerprint density at radius 1 is 0.796 bits per heavy atom. The Kier molecular flexibility index (Phi) is 12.0. The van der Waals surface area contributed by atoms with Gasteiger partial charge >= 0.3 is 0 Å². The SMILES string of the molecule is COc1ccc(S(=O)(=O)N(CC(=O)N(Cc2ccc(C)cc2)[C@H](Cc2ccccc2)C(=O)NC2CCCCC2)c2ccccc2OC)cc1. The molecule has 10 heteroatoms. The molecule has 0 unspecified atom stereocenters. The quantitative estimate of drug-likeness (QED) is 0.167. The zero-order valence-corrected chi connectivity index (χ0v) is 29.2. The number of hydrogen-bond acceptors (Lipinski definition) is 6. The van der Waals surface area contributed by atoms with E-state index < -0.39 is 28.5 Å². The number of rotatable bonds is 14. The Bertz CT molecular complexity index is 1790. The topological polar surface area (TPSA) is 105 Å². The monoisotopic (exact) mass is 683 g/mol. The summed E-state index contributed by atoms with van der Waals surface area (Å²) >= 11 is 0. The van der Waals surface area contributed by atoms with E-state index in [0.29, 0.717) is 5.75 Å². The molecule has 1 fully saturated rings. The summed E-state index contributed by atoms with van der Waals surface area (Å²) in [7, 11) is -1.34. The fourth-order valence-corrected chi connectivity index (χ4v) is 7.64. The average molecular weight is 684 g/mol. The predicted octanol–water partition coefficient (Wildman–Crippen LogP) is 6.30. The van der Waals surface area contributed by atoms with E-state index in [1.807, 2.05) is 61.5 Å². The van der Waals surface area contributed by atoms with Crippen molar-refractivity contribution in [3.8, 4) is 11.5 Å². The minimum absolute atomic E-state index is 0.0204. The van der Waals surface area contributed by atoms with Crippen LogP contribution in [0.2, 0.25) is 0 Å². The number of carbonyl (C=O) groups excluding carboxylic acids is 2. The van der Waals surface area contributed by atoms with Crippen LogP contribution in [0.4, 0.5) is 5.69 Å². The number of carbonyl (C=O) groups is 2. The fourth-order valence-electron chi connectivity index (χ4n) is 6.21. The van der Waals surface area contributed by atoms with E-state index >= 15 is 0 Å². The largest absolute Gasteiger partial charge is 0.497 e. The van der Waals surface area contributed by atoms with Crippen LogP contribution in [0.25, 0.3) is 0 Å². The van der Waals surface area contributed by atoms with E-state index in [4.69, 9.17) is 9.47 Å². The van der Waals surface area contributed by atoms with Crippen molar-refractivity contribution in [3.05, 3.63) is 120 Å². The maximum Gasteiger partial charge on any atom is 0.264 e. The maximum atomic E-state index is 14.8. The van der Waals surface area contributed by atoms with Gasteiger partial charge in [-0.2, -0.15) is 0 Å². The molecule has 0 spiro atoms. The molecule has 1 aliphatic rings. The summed E-state index contributed by atoms with van der Waals surface area (Å²) < 4.78 is 40.7. The van der Waals surface area contributed by atoms with Gasteiger partial charge in [-0.1, -0.05) is 91.6 Å². The molecule has 1 saturated carbocycles. The summed E-state index contributed by atoms with van der Waals surface area (Å²) in [5.41, 5.74) is 2.98. The second-order valence-corrected chi connectivity index (χ2v) is 14.3. The van der Waals surface area contributed by atoms with Gasteiger partial charge in [0.25, 0.3) is 10.0 Å². The number of amides is 2. The zero-order chi connectivity index (χ0) is 34.8. The fraction of sp³-hybridized carbons (Fsp3) is 0.333. The molecule has 0 radical (unpaired) electrons. The Hall–Kier alpha value is -4.83. The summed E-state index contributed by atoms with van der Waals surface area (Å²) in [6.45, 7) is 1.53. The van der Waals surface area contributed by atoms with Crippen LogP contribution in [-0.4, -0.2) is 58.0 Å². The van der Waals surface area contributed by atoms with Crippen LogP contribution in [0.5, 0.6) is 11.5 Å². The summed E-state index contributed by atoms with van der Waals surface area (Å²) in [4.78, 5) is 30.6. The second kappa shape index (κ2) is 16.5. The zero-order valence-electron chi connectivity index (χ0n) is 28.4. The number of ether oxygens (including phenoxy) is 2. The molecule has 0 heterocycles. The molecule has 2 amide bonds. The number of aryl methyl sites for hydroxylation is 1. The third-order valence-electron chi connectivity index (χ3n) is 8.98. The first-order valence-corrected chi connectivity index (χ1v) is 18.1. The Morgan fingerprint density at radius 2 is 1.45 bits per heavy atom. The first kappa shape index (κ1) is 35.5. The number of benzene rings is 4. The lowest BCUT2D eigenvalue weighted by Gasteiger charge is -2.35. The second-order valence-electron chi connectivity index (χ2n) is 12.4. The highest BCUT2D eigenvalue weighted by Gasteiger charge is 2.36. The van der Waals surface area contributed by atoms with E-state index in [0.717, 1.165) is 53.1 Å². The molecule has 1 atom stereocenters. The van der Waals surface area contributed by atoms with Gasteiger partial charge in [0.05, 0.1) is 24.8 Å². The maximum absolute atomic E-state index is 14.8. The van der Waals surface area contributed by atoms with Crippen LogP contribution < -0.4 is 19.1 Å². The highest BCUT2D eigenvalue weighted by atomic mass is 32.2. The first-order chi connectivity index (χ1) is 23.7. The molecule has 9 nitrogen and oxygen atoms in total. The van der Waals surface area contributed by atoms with Gasteiger partial charge in [-0.05, 0) is 67.3 Å². The van der Waals surface area contributed by atoms with Gasteiger partial charge in [-0.25, -0.2) is 8.42 Å². The Morgan fingerprint density at radius 3 is 2.10 bits per heavy atom. The van der Waals surface area contributed by atoms with Crippen molar-refractivity contribution in [1.29, 1.82) is 0 Å². The van der Waals surface area contributed by atoms with Crippen LogP contribution in [0, 0.1) is 6.92 Å². The molecule has 5 rings (SSSR count). The molecule has 0 aromatic heterocycles. The predicted molar refractivity (Wildman–Crippen MR) is 191 cm³/mol. The van der Waals surface area contributed by atoms with Crippen LogP contribution in [0.1, 0.15) is 48.8 Å². The average Bonchev–Trinajstić information content (AvgIpc) is 3.13. The third kappa shape index (κ3) is 9.00. The van der Waals surface area contributed by atoms with E-state index in [1.165, 1.54) is 31.3 Å². The molecule has 258 valence electrons. The lowest BCUT2D eigenvalue weighted by molar-refractivity contribution is -0.140. The minimum Gasteiger partial charge on any atom is -0.497 e. The van der Waals surface area contributed by atoms with Gasteiger partial charge in [-0.15, -0.1) is 0 Å². The number of nitrogens with zero attached hydrogens (tertiary/aromatic N) is 2. The molecule has 0 saturated heterocycles. The smallest absolute Gasteiger partial charge is 0.264 e. The number of para-hydroxylation sites is 2. The molecule has 1 N–H and O–H groups in total. The number of nitrogens with one attached hydrogen (secondary N) is 1. The molecular weight excluding hydrogens is 639 g/mol. The molecular formula is C39H45N3O6S. The molecule has 4 aromatic rings. The number of hydrogen-bond donors (Lipinski definition) is 1. The van der Waals surface area contributed by atoms with Crippen LogP contribution in [0.15, 0.2) is 108 Å². The van der Waals surface area contributed by atoms with Crippen molar-refractivity contribution in [2.45, 2.75) is 69.0 Å². The number of sulfonamides is 1. The van der Waals surface area contributed by atoms with Gasteiger partial charge in [-0.3, -0.25) is 13.9 Å². The van der Waals surface area contributed by atoms with E-state index in [1.54, 1.807) is 36.4 Å². The summed E-state index contributed by atoms with van der Waals surface area (Å²) in [5.74, 6) is 0.00517. The molecule has 4 aromatic carbocycles. The van der Waals surface area contributed by atoms with Gasteiger partial charge < -0.3 is 19.7 Å². The molecule has 49 heavy (non-hydrogen) atoms. The van der Waals surface area contributed by atoms with Crippen molar-refractivity contribution in [2.24, 2.45) is 0 Å². The lowest BCUT2D eigenvalue weighted by Crippen LogP contribution is -2.55. The lowest BCUT2D eigenvalue weighted by atomic mass is 9.94. The van der Waals surface area contributed by atoms with Crippen molar-refractivity contribution >= 4 is 27.5 Å². The Labute approximate surface area is 289 Å².